The number of carbonyl (C=O) groups excluding carboxylic acids is 1. The predicted octanol–water partition coefficient (Wildman–Crippen LogP) is 6.46. The van der Waals surface area contributed by atoms with Crippen LogP contribution >= 0.6 is 0 Å². The molecule has 0 saturated heterocycles. The summed E-state index contributed by atoms with van der Waals surface area (Å²) in [5.74, 6) is 0.127. The van der Waals surface area contributed by atoms with Crippen molar-refractivity contribution in [1.29, 1.82) is 0 Å². The zero-order valence-electron chi connectivity index (χ0n) is 15.0. The number of unbranched alkanes of at least 4 members (excludes halogenated alkanes) is 5. The number of carbonyl (C=O) groups is 1. The van der Waals surface area contributed by atoms with Gasteiger partial charge in [0.2, 0.25) is 0 Å². The van der Waals surface area contributed by atoms with Crippen LogP contribution in [0.25, 0.3) is 0 Å². The number of rotatable bonds is 14. The van der Waals surface area contributed by atoms with Gasteiger partial charge in [0.1, 0.15) is 0 Å². The van der Waals surface area contributed by atoms with Crippen LogP contribution in [0, 0.1) is 0 Å². The first-order chi connectivity index (χ1) is 10.1. The van der Waals surface area contributed by atoms with E-state index < -0.39 is 18.8 Å². The van der Waals surface area contributed by atoms with Crippen LogP contribution in [0.3, 0.4) is 0 Å². The predicted molar refractivity (Wildman–Crippen MR) is 95.1 cm³/mol. The first-order valence-electron chi connectivity index (χ1n) is 9.36. The molecule has 0 aliphatic heterocycles. The quantitative estimate of drug-likeness (QED) is 0.245. The summed E-state index contributed by atoms with van der Waals surface area (Å²) in [5, 5.41) is 0. The molecule has 0 aromatic heterocycles. The summed E-state index contributed by atoms with van der Waals surface area (Å²) in [4.78, 5) is 12.3. The normalized spacial score (nSPS) is 11.6. The molecule has 0 heterocycles. The minimum absolute atomic E-state index is 0.127. The van der Waals surface area contributed by atoms with Gasteiger partial charge in [-0.3, -0.25) is 0 Å². The third-order valence-corrected chi connectivity index (χ3v) is 17.0. The molecule has 0 aromatic carbocycles. The Hall–Kier alpha value is 0.269. The van der Waals surface area contributed by atoms with Gasteiger partial charge in [-0.25, -0.2) is 0 Å². The summed E-state index contributed by atoms with van der Waals surface area (Å²) >= 11 is -2.68. The molecular weight excluding hydrogens is 367 g/mol. The molecule has 3 heteroatoms. The van der Waals surface area contributed by atoms with Gasteiger partial charge in [0.25, 0.3) is 0 Å². The van der Waals surface area contributed by atoms with Crippen LogP contribution in [0.15, 0.2) is 0 Å². The summed E-state index contributed by atoms with van der Waals surface area (Å²) in [6.07, 6.45) is 11.4. The van der Waals surface area contributed by atoms with E-state index in [-0.39, 0.29) is 5.97 Å². The molecule has 0 bridgehead atoms. The van der Waals surface area contributed by atoms with E-state index in [1.807, 2.05) is 0 Å². The van der Waals surface area contributed by atoms with Gasteiger partial charge in [-0.05, 0) is 0 Å². The minimum atomic E-state index is -2.68. The van der Waals surface area contributed by atoms with E-state index in [4.69, 9.17) is 3.07 Å². The van der Waals surface area contributed by atoms with Gasteiger partial charge in [0.05, 0.1) is 0 Å². The van der Waals surface area contributed by atoms with Crippen molar-refractivity contribution < 1.29 is 7.87 Å². The van der Waals surface area contributed by atoms with E-state index in [9.17, 15) is 4.79 Å². The third kappa shape index (κ3) is 10.6. The monoisotopic (exact) mass is 406 g/mol. The third-order valence-electron chi connectivity index (χ3n) is 4.27. The molecule has 126 valence electrons. The summed E-state index contributed by atoms with van der Waals surface area (Å²) in [6.45, 7) is 8.93. The van der Waals surface area contributed by atoms with E-state index >= 15 is 0 Å². The van der Waals surface area contributed by atoms with Crippen molar-refractivity contribution in [3.05, 3.63) is 0 Å². The fourth-order valence-corrected chi connectivity index (χ4v) is 16.1. The molecule has 0 saturated carbocycles. The molecule has 21 heavy (non-hydrogen) atoms. The van der Waals surface area contributed by atoms with Gasteiger partial charge in [-0.15, -0.1) is 0 Å². The molecule has 0 spiro atoms. The molecule has 0 radical (unpaired) electrons. The van der Waals surface area contributed by atoms with E-state index in [1.54, 1.807) is 0 Å². The zero-order valence-corrected chi connectivity index (χ0v) is 17.9. The van der Waals surface area contributed by atoms with Crippen molar-refractivity contribution in [2.45, 2.75) is 105 Å². The molecule has 0 aliphatic carbocycles. The van der Waals surface area contributed by atoms with Crippen LogP contribution < -0.4 is 0 Å². The molecule has 0 atom stereocenters. The molecule has 2 nitrogen and oxygen atoms in total. The number of hydrogen-bond donors (Lipinski definition) is 0. The van der Waals surface area contributed by atoms with Crippen molar-refractivity contribution >= 4 is 24.8 Å². The van der Waals surface area contributed by atoms with Gasteiger partial charge >= 0.3 is 138 Å². The molecule has 0 rings (SSSR count). The fraction of sp³-hybridized carbons (Fsp3) is 0.944. The van der Waals surface area contributed by atoms with Gasteiger partial charge < -0.3 is 0 Å². The molecule has 0 N–H and O–H groups in total. The van der Waals surface area contributed by atoms with Crippen LogP contribution in [0.4, 0.5) is 0 Å². The number of hydrogen-bond acceptors (Lipinski definition) is 2. The van der Waals surface area contributed by atoms with Crippen molar-refractivity contribution in [2.24, 2.45) is 0 Å². The van der Waals surface area contributed by atoms with Crippen LogP contribution in [0.1, 0.15) is 91.9 Å². The van der Waals surface area contributed by atoms with Crippen LogP contribution in [0.5, 0.6) is 0 Å². The van der Waals surface area contributed by atoms with Gasteiger partial charge in [0.15, 0.2) is 0 Å². The standard InChI is InChI=1S/C6H12O2.3C4H9.Sn/c1-2-3-4-5-6(7)8;3*1-3-4-2;/h2-5H2,1H3,(H,7,8);3*1,3-4H2,2H3;/q;;;;+1/p-1. The average Bonchev–Trinajstić information content (AvgIpc) is 2.49. The second kappa shape index (κ2) is 13.9. The Morgan fingerprint density at radius 2 is 1.14 bits per heavy atom. The van der Waals surface area contributed by atoms with Crippen molar-refractivity contribution in [1.82, 2.24) is 0 Å². The topological polar surface area (TPSA) is 26.3 Å². The molecule has 0 unspecified atom stereocenters. The van der Waals surface area contributed by atoms with Gasteiger partial charge in [-0.2, -0.15) is 0 Å². The van der Waals surface area contributed by atoms with Crippen molar-refractivity contribution in [3.8, 4) is 0 Å². The summed E-state index contributed by atoms with van der Waals surface area (Å²) in [5.41, 5.74) is 0. The Labute approximate surface area is 137 Å². The summed E-state index contributed by atoms with van der Waals surface area (Å²) in [6, 6.07) is 0. The van der Waals surface area contributed by atoms with Crippen LogP contribution in [-0.4, -0.2) is 24.8 Å². The molecule has 0 aromatic rings. The fourth-order valence-electron chi connectivity index (χ4n) is 2.84. The molecule has 0 fully saturated rings. The van der Waals surface area contributed by atoms with Crippen LogP contribution in [-0.2, 0) is 7.87 Å². The summed E-state index contributed by atoms with van der Waals surface area (Å²) in [7, 11) is 0. The maximum absolute atomic E-state index is 12.3. The summed E-state index contributed by atoms with van der Waals surface area (Å²) < 4.78 is 10.0. The average molecular weight is 405 g/mol. The maximum atomic E-state index is 12.3. The van der Waals surface area contributed by atoms with Crippen molar-refractivity contribution in [3.63, 3.8) is 0 Å². The Bertz CT molecular complexity index is 232. The zero-order chi connectivity index (χ0) is 16.0. The SMILES string of the molecule is CCCCCC(=O)[O][Sn]([CH2]CCC)([CH2]CCC)[CH2]CCC. The first-order valence-corrected chi connectivity index (χ1v) is 16.6. The van der Waals surface area contributed by atoms with E-state index in [1.165, 1.54) is 58.3 Å². The molecule has 0 aliphatic rings. The van der Waals surface area contributed by atoms with E-state index in [0.29, 0.717) is 6.42 Å². The molecule has 0 amide bonds. The van der Waals surface area contributed by atoms with E-state index in [2.05, 4.69) is 27.7 Å². The van der Waals surface area contributed by atoms with Crippen molar-refractivity contribution in [2.75, 3.05) is 0 Å². The Balaban J connectivity index is 4.64. The Kier molecular flexibility index (Phi) is 14.1. The second-order valence-corrected chi connectivity index (χ2v) is 18.0. The van der Waals surface area contributed by atoms with Crippen LogP contribution in [0.2, 0.25) is 13.3 Å². The van der Waals surface area contributed by atoms with E-state index in [0.717, 1.165) is 12.8 Å². The van der Waals surface area contributed by atoms with Gasteiger partial charge in [0, 0.05) is 0 Å². The first kappa shape index (κ1) is 21.3. The Morgan fingerprint density at radius 1 is 0.714 bits per heavy atom. The van der Waals surface area contributed by atoms with Gasteiger partial charge in [-0.1, -0.05) is 0 Å². The molecular formula is C18H38O2Sn. The second-order valence-electron chi connectivity index (χ2n) is 6.42. The Morgan fingerprint density at radius 3 is 1.52 bits per heavy atom.